The molecule has 170 valence electrons. The first-order valence-electron chi connectivity index (χ1n) is 11.9. The van der Waals surface area contributed by atoms with Crippen molar-refractivity contribution in [1.29, 1.82) is 0 Å². The molecule has 4 aliphatic rings. The van der Waals surface area contributed by atoms with Gasteiger partial charge >= 0.3 is 5.97 Å². The van der Waals surface area contributed by atoms with E-state index in [4.69, 9.17) is 4.74 Å². The monoisotopic (exact) mass is 437 g/mol. The minimum Gasteiger partial charge on any atom is -0.458 e. The molecule has 0 saturated heterocycles. The molecule has 6 heteroatoms. The van der Waals surface area contributed by atoms with Gasteiger partial charge in [-0.3, -0.25) is 14.9 Å². The van der Waals surface area contributed by atoms with E-state index in [1.807, 2.05) is 0 Å². The van der Waals surface area contributed by atoms with E-state index in [2.05, 4.69) is 19.9 Å². The first-order chi connectivity index (χ1) is 15.2. The molecule has 5 rings (SSSR count). The average molecular weight is 438 g/mol. The van der Waals surface area contributed by atoms with Gasteiger partial charge in [0.2, 0.25) is 0 Å². The SMILES string of the molecule is C[C@]12CC[C@H](OC(=O)c3ccc([N+](=O)[O-])cc3)CC1=CC[C@@H]1[C@@H]2CC[C@]2(C)C(=O)CC[C@@H]12. The Bertz CT molecular complexity index is 998. The second kappa shape index (κ2) is 7.53. The lowest BCUT2D eigenvalue weighted by Crippen LogP contribution is -2.50. The predicted octanol–water partition coefficient (Wildman–Crippen LogP) is 5.65. The number of ketones is 1. The van der Waals surface area contributed by atoms with Crippen LogP contribution in [0, 0.1) is 38.7 Å². The lowest BCUT2D eigenvalue weighted by molar-refractivity contribution is -0.384. The number of benzene rings is 1. The molecule has 6 atom stereocenters. The van der Waals surface area contributed by atoms with Crippen molar-refractivity contribution in [2.24, 2.45) is 28.6 Å². The van der Waals surface area contributed by atoms with Gasteiger partial charge in [0.1, 0.15) is 11.9 Å². The Labute approximate surface area is 188 Å². The number of carbonyl (C=O) groups is 2. The molecular weight excluding hydrogens is 406 g/mol. The molecule has 6 nitrogen and oxygen atoms in total. The molecule has 0 N–H and O–H groups in total. The maximum atomic E-state index is 12.6. The largest absolute Gasteiger partial charge is 0.458 e. The van der Waals surface area contributed by atoms with Gasteiger partial charge in [0, 0.05) is 30.4 Å². The van der Waals surface area contributed by atoms with Gasteiger partial charge in [-0.2, -0.15) is 0 Å². The molecular formula is C26H31NO5. The molecule has 4 aliphatic carbocycles. The summed E-state index contributed by atoms with van der Waals surface area (Å²) < 4.78 is 5.81. The van der Waals surface area contributed by atoms with E-state index in [0.29, 0.717) is 29.1 Å². The van der Waals surface area contributed by atoms with E-state index in [-0.39, 0.29) is 22.6 Å². The van der Waals surface area contributed by atoms with Gasteiger partial charge in [-0.15, -0.1) is 0 Å². The fourth-order valence-corrected chi connectivity index (χ4v) is 7.44. The second-order valence-corrected chi connectivity index (χ2v) is 10.8. The molecule has 3 saturated carbocycles. The minimum absolute atomic E-state index is 0.0376. The first-order valence-corrected chi connectivity index (χ1v) is 11.9. The van der Waals surface area contributed by atoms with Crippen molar-refractivity contribution >= 4 is 17.4 Å². The fraction of sp³-hybridized carbons (Fsp3) is 0.615. The highest BCUT2D eigenvalue weighted by atomic mass is 16.6. The van der Waals surface area contributed by atoms with Crippen molar-refractivity contribution in [3.8, 4) is 0 Å². The second-order valence-electron chi connectivity index (χ2n) is 10.8. The number of rotatable bonds is 3. The Kier molecular flexibility index (Phi) is 5.02. The van der Waals surface area contributed by atoms with Crippen LogP contribution in [0.2, 0.25) is 0 Å². The van der Waals surface area contributed by atoms with E-state index in [9.17, 15) is 19.7 Å². The zero-order chi connectivity index (χ0) is 22.7. The summed E-state index contributed by atoms with van der Waals surface area (Å²) in [4.78, 5) is 35.5. The molecule has 0 unspecified atom stereocenters. The first kappa shape index (κ1) is 21.4. The van der Waals surface area contributed by atoms with Crippen LogP contribution in [0.25, 0.3) is 0 Å². The molecule has 0 amide bonds. The quantitative estimate of drug-likeness (QED) is 0.264. The summed E-state index contributed by atoms with van der Waals surface area (Å²) >= 11 is 0. The van der Waals surface area contributed by atoms with Crippen LogP contribution in [0.5, 0.6) is 0 Å². The Morgan fingerprint density at radius 1 is 1.06 bits per heavy atom. The number of nitro groups is 1. The third-order valence-electron chi connectivity index (χ3n) is 9.36. The van der Waals surface area contributed by atoms with Crippen molar-refractivity contribution in [2.45, 2.75) is 71.3 Å². The van der Waals surface area contributed by atoms with Gasteiger partial charge < -0.3 is 4.74 Å². The predicted molar refractivity (Wildman–Crippen MR) is 119 cm³/mol. The molecule has 0 spiro atoms. The third kappa shape index (κ3) is 3.22. The highest BCUT2D eigenvalue weighted by molar-refractivity contribution is 5.89. The van der Waals surface area contributed by atoms with Crippen LogP contribution in [-0.2, 0) is 9.53 Å². The minimum atomic E-state index is -0.477. The van der Waals surface area contributed by atoms with Crippen molar-refractivity contribution < 1.29 is 19.2 Å². The zero-order valence-electron chi connectivity index (χ0n) is 18.8. The summed E-state index contributed by atoms with van der Waals surface area (Å²) in [6.45, 7) is 4.60. The van der Waals surface area contributed by atoms with E-state index < -0.39 is 10.9 Å². The summed E-state index contributed by atoms with van der Waals surface area (Å²) in [7, 11) is 0. The van der Waals surface area contributed by atoms with E-state index >= 15 is 0 Å². The molecule has 1 aromatic carbocycles. The molecule has 32 heavy (non-hydrogen) atoms. The van der Waals surface area contributed by atoms with Crippen LogP contribution in [0.4, 0.5) is 5.69 Å². The normalized spacial score (nSPS) is 38.2. The Hall–Kier alpha value is -2.50. The van der Waals surface area contributed by atoms with Crippen molar-refractivity contribution in [1.82, 2.24) is 0 Å². The van der Waals surface area contributed by atoms with Crippen LogP contribution in [-0.4, -0.2) is 22.8 Å². The maximum Gasteiger partial charge on any atom is 0.338 e. The van der Waals surface area contributed by atoms with Crippen molar-refractivity contribution in [2.75, 3.05) is 0 Å². The number of Topliss-reactive ketones (excluding diaryl/α,β-unsaturated/α-hetero) is 1. The number of fused-ring (bicyclic) bond motifs is 5. The molecule has 0 aromatic heterocycles. The Morgan fingerprint density at radius 2 is 1.75 bits per heavy atom. The summed E-state index contributed by atoms with van der Waals surface area (Å²) in [5.41, 5.74) is 1.75. The molecule has 0 aliphatic heterocycles. The van der Waals surface area contributed by atoms with Crippen LogP contribution >= 0.6 is 0 Å². The maximum absolute atomic E-state index is 12.6. The Balaban J connectivity index is 1.29. The number of hydrogen-bond donors (Lipinski definition) is 0. The Morgan fingerprint density at radius 3 is 2.47 bits per heavy atom. The summed E-state index contributed by atoms with van der Waals surface area (Å²) in [5, 5.41) is 10.8. The molecule has 0 heterocycles. The fourth-order valence-electron chi connectivity index (χ4n) is 7.44. The van der Waals surface area contributed by atoms with Crippen LogP contribution < -0.4 is 0 Å². The van der Waals surface area contributed by atoms with E-state index in [1.54, 1.807) is 0 Å². The number of ether oxygens (including phenoxy) is 1. The number of esters is 1. The lowest BCUT2D eigenvalue weighted by atomic mass is 9.48. The smallest absolute Gasteiger partial charge is 0.338 e. The average Bonchev–Trinajstić information content (AvgIpc) is 3.08. The summed E-state index contributed by atoms with van der Waals surface area (Å²) in [6.07, 6.45) is 9.78. The van der Waals surface area contributed by atoms with Crippen LogP contribution in [0.1, 0.15) is 75.6 Å². The molecule has 0 radical (unpaired) electrons. The van der Waals surface area contributed by atoms with Gasteiger partial charge in [-0.1, -0.05) is 25.5 Å². The zero-order valence-corrected chi connectivity index (χ0v) is 18.8. The molecule has 3 fully saturated rings. The number of nitrogens with zero attached hydrogens (tertiary/aromatic N) is 1. The van der Waals surface area contributed by atoms with E-state index in [0.717, 1.165) is 51.4 Å². The molecule has 0 bridgehead atoms. The topological polar surface area (TPSA) is 86.5 Å². The number of nitro benzene ring substituents is 1. The highest BCUT2D eigenvalue weighted by Gasteiger charge is 2.58. The summed E-state index contributed by atoms with van der Waals surface area (Å²) in [5.74, 6) is 1.77. The van der Waals surface area contributed by atoms with Gasteiger partial charge in [0.15, 0.2) is 0 Å². The number of allylic oxidation sites excluding steroid dienone is 1. The third-order valence-corrected chi connectivity index (χ3v) is 9.36. The molecule has 1 aromatic rings. The number of carbonyl (C=O) groups excluding carboxylic acids is 2. The number of non-ortho nitro benzene ring substituents is 1. The number of hydrogen-bond acceptors (Lipinski definition) is 5. The van der Waals surface area contributed by atoms with Crippen LogP contribution in [0.15, 0.2) is 35.9 Å². The van der Waals surface area contributed by atoms with Crippen LogP contribution in [0.3, 0.4) is 0 Å². The van der Waals surface area contributed by atoms with Gasteiger partial charge in [-0.05, 0) is 73.8 Å². The standard InChI is InChI=1S/C26H31NO5/c1-25-13-11-19(32-24(29)16-3-6-18(7-4-16)27(30)31)15-17(25)5-8-20-21-9-10-23(28)26(21,2)14-12-22(20)25/h3-7,19-22H,8-15H2,1-2H3/t19-,20-,21-,22-,25-,26-/m0/s1. The van der Waals surface area contributed by atoms with Gasteiger partial charge in [-0.25, -0.2) is 4.79 Å². The van der Waals surface area contributed by atoms with Crippen molar-refractivity contribution in [3.63, 3.8) is 0 Å². The highest BCUT2D eigenvalue weighted by Crippen LogP contribution is 2.64. The lowest BCUT2D eigenvalue weighted by Gasteiger charge is -2.56. The summed E-state index contributed by atoms with van der Waals surface area (Å²) in [6, 6.07) is 5.59. The van der Waals surface area contributed by atoms with Gasteiger partial charge in [0.25, 0.3) is 5.69 Å². The van der Waals surface area contributed by atoms with Crippen molar-refractivity contribution in [3.05, 3.63) is 51.6 Å². The van der Waals surface area contributed by atoms with E-state index in [1.165, 1.54) is 29.8 Å². The van der Waals surface area contributed by atoms with Gasteiger partial charge in [0.05, 0.1) is 10.5 Å².